The highest BCUT2D eigenvalue weighted by molar-refractivity contribution is 7.80. The SMILES string of the molecule is NCCCC[C@H](N)C(=O)N[C@@H](CO)C(=O)N[C@@H](Cc1cnc[nH]1)C(=O)N[C@@H](CS)C(=O)N[C@@H](CO)C(=O)N[C@@H](CCCN=C(N)N)C(=O)N[C@@H](CCCN=C(N)N)C(=O)O. The van der Waals surface area contributed by atoms with Crippen LogP contribution < -0.4 is 66.3 Å². The van der Waals surface area contributed by atoms with Gasteiger partial charge in [0.25, 0.3) is 0 Å². The van der Waals surface area contributed by atoms with Crippen LogP contribution in [0.2, 0.25) is 0 Å². The summed E-state index contributed by atoms with van der Waals surface area (Å²) < 4.78 is 0. The summed E-state index contributed by atoms with van der Waals surface area (Å²) >= 11 is 4.14. The summed E-state index contributed by atoms with van der Waals surface area (Å²) in [5, 5.41) is 43.9. The van der Waals surface area contributed by atoms with Crippen molar-refractivity contribution in [3.05, 3.63) is 18.2 Å². The smallest absolute Gasteiger partial charge is 0.326 e. The number of carbonyl (C=O) groups is 7. The molecule has 22 N–H and O–H groups in total. The highest BCUT2D eigenvalue weighted by Gasteiger charge is 2.33. The molecule has 0 fully saturated rings. The molecule has 0 aliphatic carbocycles. The Kier molecular flexibility index (Phi) is 24.9. The molecule has 0 aliphatic heterocycles. The third-order valence-electron chi connectivity index (χ3n) is 8.50. The molecule has 26 nitrogen and oxygen atoms in total. The summed E-state index contributed by atoms with van der Waals surface area (Å²) in [6.07, 6.45) is 4.07. The second-order valence-corrected chi connectivity index (χ2v) is 13.7. The summed E-state index contributed by atoms with van der Waals surface area (Å²) in [5.74, 6) is -7.75. The molecule has 6 amide bonds. The van der Waals surface area contributed by atoms with Crippen molar-refractivity contribution >= 4 is 66.0 Å². The molecular weight excluding hydrogens is 813 g/mol. The number of carboxylic acid groups (broad SMARTS) is 1. The number of unbranched alkanes of at least 4 members (excludes halogenated alkanes) is 1. The van der Waals surface area contributed by atoms with Gasteiger partial charge in [0.05, 0.1) is 25.6 Å². The average molecular weight is 873 g/mol. The number of nitrogens with two attached hydrogens (primary N) is 6. The molecule has 1 heterocycles. The van der Waals surface area contributed by atoms with Gasteiger partial charge in [-0.2, -0.15) is 12.6 Å². The normalized spacial score (nSPS) is 14.3. The predicted molar refractivity (Wildman–Crippen MR) is 220 cm³/mol. The lowest BCUT2D eigenvalue weighted by molar-refractivity contribution is -0.142. The molecule has 1 aromatic rings. The highest BCUT2D eigenvalue weighted by atomic mass is 32.1. The standard InChI is InChI=1S/C33H60N16O10S/c34-8-2-1-5-18(35)25(52)47-22(13-50)29(56)46-21(11-17-12-40-16-43-17)27(54)49-24(15-60)30(57)48-23(14-51)28(55)44-19(6-3-9-41-32(36)37)26(53)45-20(31(58)59)7-4-10-42-33(38)39/h12,16,18-24,50-51,60H,1-11,13-15,34-35H2,(H,40,43)(H,44,55)(H,45,53)(H,46,56)(H,47,52)(H,48,57)(H,49,54)(H,58,59)(H4,36,37,41)(H4,38,39,42)/t18-,19-,20-,21-,22-,23-,24-/m0/s1. The molecule has 0 aromatic carbocycles. The molecule has 338 valence electrons. The first kappa shape index (κ1) is 52.2. The number of guanidine groups is 2. The number of thiol groups is 1. The number of aliphatic carboxylic acids is 1. The molecule has 60 heavy (non-hydrogen) atoms. The maximum absolute atomic E-state index is 13.6. The number of carbonyl (C=O) groups excluding carboxylic acids is 6. The molecule has 0 spiro atoms. The Hall–Kier alpha value is -5.77. The summed E-state index contributed by atoms with van der Waals surface area (Å²) in [4.78, 5) is 106. The first-order valence-electron chi connectivity index (χ1n) is 18.9. The van der Waals surface area contributed by atoms with Crippen molar-refractivity contribution in [2.24, 2.45) is 44.4 Å². The van der Waals surface area contributed by atoms with Crippen LogP contribution >= 0.6 is 12.6 Å². The third-order valence-corrected chi connectivity index (χ3v) is 8.87. The van der Waals surface area contributed by atoms with E-state index in [9.17, 15) is 48.9 Å². The third kappa shape index (κ3) is 20.3. The second kappa shape index (κ2) is 28.6. The van der Waals surface area contributed by atoms with Gasteiger partial charge < -0.3 is 86.6 Å². The monoisotopic (exact) mass is 872 g/mol. The summed E-state index contributed by atoms with van der Waals surface area (Å²) in [6.45, 7) is -1.32. The number of imidazole rings is 1. The number of nitrogens with zero attached hydrogens (tertiary/aromatic N) is 3. The van der Waals surface area contributed by atoms with Crippen molar-refractivity contribution < 1.29 is 48.9 Å². The van der Waals surface area contributed by atoms with E-state index in [4.69, 9.17) is 34.4 Å². The van der Waals surface area contributed by atoms with Crippen molar-refractivity contribution in [3.63, 3.8) is 0 Å². The number of H-pyrrole nitrogens is 1. The van der Waals surface area contributed by atoms with Gasteiger partial charge in [-0.15, -0.1) is 0 Å². The number of aliphatic hydroxyl groups is 2. The Bertz CT molecular complexity index is 1590. The van der Waals surface area contributed by atoms with Crippen molar-refractivity contribution in [3.8, 4) is 0 Å². The number of aliphatic hydroxyl groups excluding tert-OH is 2. The Morgan fingerprint density at radius 2 is 1.10 bits per heavy atom. The molecule has 1 rings (SSSR count). The zero-order chi connectivity index (χ0) is 45.2. The molecule has 0 bridgehead atoms. The summed E-state index contributed by atoms with van der Waals surface area (Å²) in [6, 6.07) is -9.90. The Morgan fingerprint density at radius 3 is 1.58 bits per heavy atom. The van der Waals surface area contributed by atoms with Crippen molar-refractivity contribution in [2.45, 2.75) is 93.7 Å². The van der Waals surface area contributed by atoms with Crippen molar-refractivity contribution in [1.82, 2.24) is 41.9 Å². The lowest BCUT2D eigenvalue weighted by Crippen LogP contribution is -2.61. The van der Waals surface area contributed by atoms with Crippen LogP contribution in [0.15, 0.2) is 22.5 Å². The first-order chi connectivity index (χ1) is 28.5. The number of aliphatic imine (C=N–C) groups is 2. The maximum Gasteiger partial charge on any atom is 0.326 e. The fraction of sp³-hybridized carbons (Fsp3) is 0.636. The van der Waals surface area contributed by atoms with E-state index < -0.39 is 96.9 Å². The first-order valence-corrected chi connectivity index (χ1v) is 19.5. The predicted octanol–water partition coefficient (Wildman–Crippen LogP) is -7.58. The van der Waals surface area contributed by atoms with Gasteiger partial charge in [-0.3, -0.25) is 38.8 Å². The second-order valence-electron chi connectivity index (χ2n) is 13.3. The van der Waals surface area contributed by atoms with Crippen LogP contribution in [0.4, 0.5) is 0 Å². The minimum Gasteiger partial charge on any atom is -0.480 e. The minimum atomic E-state index is -1.70. The van der Waals surface area contributed by atoms with Crippen LogP contribution in [-0.2, 0) is 40.0 Å². The van der Waals surface area contributed by atoms with E-state index in [1.54, 1.807) is 0 Å². The number of aromatic amines is 1. The quantitative estimate of drug-likeness (QED) is 0.0148. The number of rotatable bonds is 30. The number of hydrogen-bond donors (Lipinski definition) is 17. The van der Waals surface area contributed by atoms with Crippen molar-refractivity contribution in [2.75, 3.05) is 38.6 Å². The van der Waals surface area contributed by atoms with E-state index in [0.29, 0.717) is 25.1 Å². The molecule has 27 heteroatoms. The zero-order valence-electron chi connectivity index (χ0n) is 33.0. The van der Waals surface area contributed by atoms with E-state index in [1.165, 1.54) is 12.5 Å². The molecule has 0 aliphatic rings. The van der Waals surface area contributed by atoms with Crippen LogP contribution in [0.3, 0.4) is 0 Å². The lowest BCUT2D eigenvalue weighted by Gasteiger charge is -2.26. The summed E-state index contributed by atoms with van der Waals surface area (Å²) in [5.41, 5.74) is 33.0. The fourth-order valence-electron chi connectivity index (χ4n) is 5.22. The Morgan fingerprint density at radius 1 is 0.650 bits per heavy atom. The largest absolute Gasteiger partial charge is 0.480 e. The van der Waals surface area contributed by atoms with Gasteiger partial charge in [0.15, 0.2) is 11.9 Å². The van der Waals surface area contributed by atoms with Crippen molar-refractivity contribution in [1.29, 1.82) is 0 Å². The molecule has 1 aromatic heterocycles. The van der Waals surface area contributed by atoms with Gasteiger partial charge in [0.1, 0.15) is 36.3 Å². The number of amides is 6. The van der Waals surface area contributed by atoms with Crippen LogP contribution in [0.1, 0.15) is 50.6 Å². The van der Waals surface area contributed by atoms with Gasteiger partial charge in [-0.25, -0.2) is 9.78 Å². The topological polar surface area (TPSA) is 462 Å². The van der Waals surface area contributed by atoms with Gasteiger partial charge >= 0.3 is 5.97 Å². The van der Waals surface area contributed by atoms with Crippen LogP contribution in [0, 0.1) is 0 Å². The maximum atomic E-state index is 13.6. The Balaban J connectivity index is 3.13. The van der Waals surface area contributed by atoms with E-state index in [1.807, 2.05) is 0 Å². The van der Waals surface area contributed by atoms with Gasteiger partial charge in [0, 0.05) is 37.2 Å². The molecule has 7 atom stereocenters. The Labute approximate surface area is 351 Å². The summed E-state index contributed by atoms with van der Waals surface area (Å²) in [7, 11) is 0. The highest BCUT2D eigenvalue weighted by Crippen LogP contribution is 2.06. The van der Waals surface area contributed by atoms with Crippen LogP contribution in [0.5, 0.6) is 0 Å². The average Bonchev–Trinajstić information content (AvgIpc) is 3.72. The fourth-order valence-corrected chi connectivity index (χ4v) is 5.48. The zero-order valence-corrected chi connectivity index (χ0v) is 33.9. The van der Waals surface area contributed by atoms with Gasteiger partial charge in [-0.05, 0) is 45.1 Å². The molecule has 0 radical (unpaired) electrons. The number of nitrogens with one attached hydrogen (secondary N) is 7. The van der Waals surface area contributed by atoms with E-state index in [-0.39, 0.29) is 69.3 Å². The molecular formula is C33H60N16O10S. The van der Waals surface area contributed by atoms with Crippen LogP contribution in [-0.4, -0.2) is 160 Å². The van der Waals surface area contributed by atoms with E-state index >= 15 is 0 Å². The number of aromatic nitrogens is 2. The number of hydrogen-bond acceptors (Lipinski definition) is 15. The number of carboxylic acids is 1. The molecule has 0 unspecified atom stereocenters. The van der Waals surface area contributed by atoms with Gasteiger partial charge in [-0.1, -0.05) is 6.42 Å². The van der Waals surface area contributed by atoms with Gasteiger partial charge in [0.2, 0.25) is 35.4 Å². The molecule has 0 saturated heterocycles. The van der Waals surface area contributed by atoms with E-state index in [0.717, 1.165) is 0 Å². The molecule has 0 saturated carbocycles. The van der Waals surface area contributed by atoms with E-state index in [2.05, 4.69) is 64.5 Å². The lowest BCUT2D eigenvalue weighted by atomic mass is 10.1. The minimum absolute atomic E-state index is 0.0350. The van der Waals surface area contributed by atoms with Crippen LogP contribution in [0.25, 0.3) is 0 Å².